The third-order valence-electron chi connectivity index (χ3n) is 4.42. The van der Waals surface area contributed by atoms with Crippen molar-refractivity contribution >= 4 is 28.9 Å². The number of nitrogens with one attached hydrogen (secondary N) is 1. The predicted octanol–water partition coefficient (Wildman–Crippen LogP) is 4.52. The van der Waals surface area contributed by atoms with E-state index in [4.69, 9.17) is 16.3 Å². The fourth-order valence-corrected chi connectivity index (χ4v) is 3.36. The van der Waals surface area contributed by atoms with Gasteiger partial charge in [-0.1, -0.05) is 11.6 Å². The van der Waals surface area contributed by atoms with Gasteiger partial charge < -0.3 is 15.0 Å². The average molecular weight is 359 g/mol. The number of carbonyl (C=O) groups is 1. The van der Waals surface area contributed by atoms with Gasteiger partial charge in [0.2, 0.25) is 0 Å². The van der Waals surface area contributed by atoms with E-state index in [1.54, 1.807) is 6.07 Å². The predicted molar refractivity (Wildman–Crippen MR) is 103 cm³/mol. The summed E-state index contributed by atoms with van der Waals surface area (Å²) in [6.45, 7) is 7.41. The van der Waals surface area contributed by atoms with E-state index < -0.39 is 6.10 Å². The van der Waals surface area contributed by atoms with Crippen LogP contribution in [0.15, 0.2) is 42.5 Å². The molecule has 0 fully saturated rings. The van der Waals surface area contributed by atoms with E-state index in [0.29, 0.717) is 17.5 Å². The number of fused-ring (bicyclic) bond motifs is 1. The van der Waals surface area contributed by atoms with E-state index in [0.717, 1.165) is 29.2 Å². The Balaban J connectivity index is 1.64. The number of ether oxygens (including phenoxy) is 1. The van der Waals surface area contributed by atoms with Crippen LogP contribution in [-0.4, -0.2) is 24.6 Å². The zero-order chi connectivity index (χ0) is 18.0. The highest BCUT2D eigenvalue weighted by Crippen LogP contribution is 2.31. The Morgan fingerprint density at radius 3 is 2.64 bits per heavy atom. The SMILES string of the molecule is CCN(c1ccc(NC(=O)C2Cc3cc(Cl)ccc3O2)cc1)C(C)C. The van der Waals surface area contributed by atoms with Gasteiger partial charge in [-0.05, 0) is 68.8 Å². The minimum Gasteiger partial charge on any atom is -0.480 e. The first kappa shape index (κ1) is 17.6. The quantitative estimate of drug-likeness (QED) is 0.854. The van der Waals surface area contributed by atoms with Crippen molar-refractivity contribution in [3.63, 3.8) is 0 Å². The van der Waals surface area contributed by atoms with Crippen LogP contribution in [0.1, 0.15) is 26.3 Å². The Morgan fingerprint density at radius 2 is 2.00 bits per heavy atom. The van der Waals surface area contributed by atoms with Crippen molar-refractivity contribution in [2.75, 3.05) is 16.8 Å². The second kappa shape index (κ2) is 7.36. The second-order valence-corrected chi connectivity index (χ2v) is 6.91. The standard InChI is InChI=1S/C20H23ClN2O2/c1-4-23(13(2)3)17-8-6-16(7-9-17)22-20(24)19-12-14-11-15(21)5-10-18(14)25-19/h5-11,13,19H,4,12H2,1-3H3,(H,22,24). The number of rotatable bonds is 5. The molecule has 1 atom stereocenters. The Morgan fingerprint density at radius 1 is 1.28 bits per heavy atom. The van der Waals surface area contributed by atoms with Gasteiger partial charge >= 0.3 is 0 Å². The van der Waals surface area contributed by atoms with Gasteiger partial charge in [-0.3, -0.25) is 4.79 Å². The molecule has 1 N–H and O–H groups in total. The van der Waals surface area contributed by atoms with Crippen molar-refractivity contribution in [3.05, 3.63) is 53.1 Å². The van der Waals surface area contributed by atoms with E-state index in [-0.39, 0.29) is 5.91 Å². The molecule has 2 aromatic carbocycles. The zero-order valence-electron chi connectivity index (χ0n) is 14.8. The minimum absolute atomic E-state index is 0.142. The van der Waals surface area contributed by atoms with Crippen molar-refractivity contribution in [3.8, 4) is 5.75 Å². The van der Waals surface area contributed by atoms with Crippen LogP contribution in [0.4, 0.5) is 11.4 Å². The van der Waals surface area contributed by atoms with Crippen LogP contribution < -0.4 is 15.0 Å². The smallest absolute Gasteiger partial charge is 0.265 e. The van der Waals surface area contributed by atoms with E-state index in [1.165, 1.54) is 0 Å². The third-order valence-corrected chi connectivity index (χ3v) is 4.66. The number of hydrogen-bond donors (Lipinski definition) is 1. The summed E-state index contributed by atoms with van der Waals surface area (Å²) in [5, 5.41) is 3.59. The molecular formula is C20H23ClN2O2. The van der Waals surface area contributed by atoms with Crippen LogP contribution in [0.5, 0.6) is 5.75 Å². The maximum Gasteiger partial charge on any atom is 0.265 e. The minimum atomic E-state index is -0.518. The van der Waals surface area contributed by atoms with Gasteiger partial charge in [0.1, 0.15) is 5.75 Å². The Hall–Kier alpha value is -2.20. The van der Waals surface area contributed by atoms with Crippen molar-refractivity contribution in [1.29, 1.82) is 0 Å². The molecule has 0 saturated heterocycles. The van der Waals surface area contributed by atoms with Gasteiger partial charge in [0.25, 0.3) is 5.91 Å². The summed E-state index contributed by atoms with van der Waals surface area (Å²) in [6.07, 6.45) is 0.0208. The molecule has 1 heterocycles. The highest BCUT2D eigenvalue weighted by atomic mass is 35.5. The first-order valence-corrected chi connectivity index (χ1v) is 8.98. The van der Waals surface area contributed by atoms with Crippen LogP contribution in [0, 0.1) is 0 Å². The number of nitrogens with zero attached hydrogens (tertiary/aromatic N) is 1. The molecule has 0 aliphatic carbocycles. The van der Waals surface area contributed by atoms with Gasteiger partial charge in [0, 0.05) is 35.4 Å². The number of benzene rings is 2. The summed E-state index contributed by atoms with van der Waals surface area (Å²) < 4.78 is 5.73. The molecule has 132 valence electrons. The van der Waals surface area contributed by atoms with Crippen LogP contribution >= 0.6 is 11.6 Å². The molecule has 25 heavy (non-hydrogen) atoms. The number of amides is 1. The highest BCUT2D eigenvalue weighted by Gasteiger charge is 2.29. The van der Waals surface area contributed by atoms with Crippen molar-refractivity contribution in [1.82, 2.24) is 0 Å². The normalized spacial score (nSPS) is 15.6. The summed E-state index contributed by atoms with van der Waals surface area (Å²) in [5.41, 5.74) is 2.89. The molecule has 1 amide bonds. The molecule has 2 aromatic rings. The molecule has 1 aliphatic heterocycles. The molecule has 0 bridgehead atoms. The van der Waals surface area contributed by atoms with Crippen molar-refractivity contribution in [2.24, 2.45) is 0 Å². The van der Waals surface area contributed by atoms with Gasteiger partial charge in [-0.15, -0.1) is 0 Å². The summed E-state index contributed by atoms with van der Waals surface area (Å²) in [6, 6.07) is 13.8. The summed E-state index contributed by atoms with van der Waals surface area (Å²) in [7, 11) is 0. The van der Waals surface area contributed by atoms with Crippen molar-refractivity contribution < 1.29 is 9.53 Å². The lowest BCUT2D eigenvalue weighted by Gasteiger charge is -2.27. The third kappa shape index (κ3) is 3.90. The van der Waals surface area contributed by atoms with Gasteiger partial charge in [-0.2, -0.15) is 0 Å². The first-order chi connectivity index (χ1) is 12.0. The van der Waals surface area contributed by atoms with E-state index >= 15 is 0 Å². The fourth-order valence-electron chi connectivity index (χ4n) is 3.17. The first-order valence-electron chi connectivity index (χ1n) is 8.60. The number of anilines is 2. The number of hydrogen-bond acceptors (Lipinski definition) is 3. The molecule has 1 unspecified atom stereocenters. The van der Waals surface area contributed by atoms with E-state index in [9.17, 15) is 4.79 Å². The number of halogens is 1. The summed E-state index contributed by atoms with van der Waals surface area (Å²) in [4.78, 5) is 14.8. The molecule has 3 rings (SSSR count). The summed E-state index contributed by atoms with van der Waals surface area (Å²) in [5.74, 6) is 0.590. The maximum absolute atomic E-state index is 12.5. The molecule has 5 heteroatoms. The maximum atomic E-state index is 12.5. The number of carbonyl (C=O) groups excluding carboxylic acids is 1. The lowest BCUT2D eigenvalue weighted by atomic mass is 10.1. The zero-order valence-corrected chi connectivity index (χ0v) is 15.5. The van der Waals surface area contributed by atoms with Gasteiger partial charge in [0.15, 0.2) is 6.10 Å². The van der Waals surface area contributed by atoms with Crippen molar-refractivity contribution in [2.45, 2.75) is 39.3 Å². The largest absolute Gasteiger partial charge is 0.480 e. The second-order valence-electron chi connectivity index (χ2n) is 6.48. The lowest BCUT2D eigenvalue weighted by Crippen LogP contribution is -2.31. The molecule has 0 aromatic heterocycles. The molecular weight excluding hydrogens is 336 g/mol. The topological polar surface area (TPSA) is 41.6 Å². The Labute approximate surface area is 153 Å². The molecule has 4 nitrogen and oxygen atoms in total. The van der Waals surface area contributed by atoms with Gasteiger partial charge in [-0.25, -0.2) is 0 Å². The molecule has 0 radical (unpaired) electrons. The Bertz CT molecular complexity index is 759. The van der Waals surface area contributed by atoms with Crippen LogP contribution in [0.2, 0.25) is 5.02 Å². The van der Waals surface area contributed by atoms with Crippen LogP contribution in [0.3, 0.4) is 0 Å². The van der Waals surface area contributed by atoms with E-state index in [2.05, 4.69) is 31.0 Å². The molecule has 1 aliphatic rings. The van der Waals surface area contributed by atoms with Crippen LogP contribution in [0.25, 0.3) is 0 Å². The van der Waals surface area contributed by atoms with E-state index in [1.807, 2.05) is 36.4 Å². The summed E-state index contributed by atoms with van der Waals surface area (Å²) >= 11 is 5.99. The monoisotopic (exact) mass is 358 g/mol. The Kier molecular flexibility index (Phi) is 5.19. The average Bonchev–Trinajstić information content (AvgIpc) is 3.00. The fraction of sp³-hybridized carbons (Fsp3) is 0.350. The lowest BCUT2D eigenvalue weighted by molar-refractivity contribution is -0.122. The highest BCUT2D eigenvalue weighted by molar-refractivity contribution is 6.30. The molecule has 0 saturated carbocycles. The van der Waals surface area contributed by atoms with Gasteiger partial charge in [0.05, 0.1) is 0 Å². The molecule has 0 spiro atoms. The van der Waals surface area contributed by atoms with Crippen LogP contribution in [-0.2, 0) is 11.2 Å².